The van der Waals surface area contributed by atoms with E-state index >= 15 is 0 Å². The van der Waals surface area contributed by atoms with Gasteiger partial charge in [0.25, 0.3) is 0 Å². The minimum atomic E-state index is -0.865. The number of carbonyl (C=O) groups is 2. The van der Waals surface area contributed by atoms with E-state index in [1.807, 2.05) is 36.4 Å². The van der Waals surface area contributed by atoms with Crippen molar-refractivity contribution < 1.29 is 14.7 Å². The first-order valence-corrected chi connectivity index (χ1v) is 7.79. The molecule has 1 fully saturated rings. The topological polar surface area (TPSA) is 66.4 Å². The van der Waals surface area contributed by atoms with Crippen LogP contribution in [0.25, 0.3) is 0 Å². The first kappa shape index (κ1) is 14.3. The minimum Gasteiger partial charge on any atom is -0.481 e. The average molecular weight is 350 g/mol. The van der Waals surface area contributed by atoms with Crippen LogP contribution >= 0.6 is 15.9 Å². The summed E-state index contributed by atoms with van der Waals surface area (Å²) >= 11 is 3.37. The number of allylic oxidation sites excluding steroid dienone is 2. The van der Waals surface area contributed by atoms with E-state index in [2.05, 4.69) is 21.2 Å². The Kier molecular flexibility index (Phi) is 3.85. The van der Waals surface area contributed by atoms with Crippen molar-refractivity contribution >= 4 is 27.8 Å². The Bertz CT molecular complexity index is 596. The lowest BCUT2D eigenvalue weighted by Gasteiger charge is -2.23. The zero-order valence-electron chi connectivity index (χ0n) is 11.3. The molecule has 2 aliphatic rings. The van der Waals surface area contributed by atoms with Crippen LogP contribution in [0.2, 0.25) is 0 Å². The van der Waals surface area contributed by atoms with Crippen molar-refractivity contribution in [1.29, 1.82) is 0 Å². The number of hydrogen-bond donors (Lipinski definition) is 2. The van der Waals surface area contributed by atoms with Crippen molar-refractivity contribution in [3.63, 3.8) is 0 Å². The fourth-order valence-electron chi connectivity index (χ4n) is 3.43. The van der Waals surface area contributed by atoms with Crippen molar-refractivity contribution in [2.75, 3.05) is 0 Å². The molecular weight excluding hydrogens is 334 g/mol. The molecule has 2 aliphatic carbocycles. The Morgan fingerprint density at radius 3 is 2.38 bits per heavy atom. The second-order valence-corrected chi connectivity index (χ2v) is 6.60. The Labute approximate surface area is 131 Å². The van der Waals surface area contributed by atoms with Gasteiger partial charge in [-0.15, -0.1) is 0 Å². The highest BCUT2D eigenvalue weighted by Crippen LogP contribution is 2.48. The van der Waals surface area contributed by atoms with E-state index in [1.165, 1.54) is 0 Å². The molecule has 2 bridgehead atoms. The fraction of sp³-hybridized carbons (Fsp3) is 0.375. The van der Waals surface area contributed by atoms with Crippen LogP contribution in [0.4, 0.5) is 0 Å². The molecule has 2 unspecified atom stereocenters. The molecule has 110 valence electrons. The minimum absolute atomic E-state index is 0.0101. The quantitative estimate of drug-likeness (QED) is 0.821. The zero-order valence-corrected chi connectivity index (χ0v) is 12.9. The molecule has 0 saturated heterocycles. The van der Waals surface area contributed by atoms with Gasteiger partial charge in [-0.05, 0) is 36.0 Å². The van der Waals surface area contributed by atoms with Gasteiger partial charge >= 0.3 is 5.97 Å². The highest BCUT2D eigenvalue weighted by molar-refractivity contribution is 9.10. The molecular formula is C16H16BrNO3. The van der Waals surface area contributed by atoms with Crippen molar-refractivity contribution in [3.8, 4) is 0 Å². The van der Waals surface area contributed by atoms with Gasteiger partial charge in [0.1, 0.15) is 0 Å². The number of fused-ring (bicyclic) bond motifs is 2. The summed E-state index contributed by atoms with van der Waals surface area (Å²) in [4.78, 5) is 23.8. The molecule has 5 heteroatoms. The van der Waals surface area contributed by atoms with Crippen LogP contribution in [-0.4, -0.2) is 17.0 Å². The lowest BCUT2D eigenvalue weighted by atomic mass is 9.82. The van der Waals surface area contributed by atoms with E-state index in [-0.39, 0.29) is 17.7 Å². The van der Waals surface area contributed by atoms with Crippen LogP contribution in [0.3, 0.4) is 0 Å². The molecule has 21 heavy (non-hydrogen) atoms. The molecule has 0 heterocycles. The van der Waals surface area contributed by atoms with Crippen molar-refractivity contribution in [2.45, 2.75) is 13.0 Å². The number of carboxylic acids is 1. The highest BCUT2D eigenvalue weighted by Gasteiger charge is 2.51. The number of hydrogen-bond acceptors (Lipinski definition) is 2. The molecule has 4 atom stereocenters. The summed E-state index contributed by atoms with van der Waals surface area (Å²) < 4.78 is 0.988. The van der Waals surface area contributed by atoms with Crippen LogP contribution in [0, 0.1) is 23.7 Å². The van der Waals surface area contributed by atoms with Gasteiger partial charge in [0.2, 0.25) is 5.91 Å². The number of carbonyl (C=O) groups excluding carboxylic acids is 1. The summed E-state index contributed by atoms with van der Waals surface area (Å²) in [5.74, 6) is -1.95. The average Bonchev–Trinajstić information content (AvgIpc) is 3.06. The van der Waals surface area contributed by atoms with Crippen LogP contribution in [0.15, 0.2) is 40.9 Å². The smallest absolute Gasteiger partial charge is 0.307 e. The molecule has 1 aromatic carbocycles. The molecule has 1 amide bonds. The lowest BCUT2D eigenvalue weighted by Crippen LogP contribution is -2.39. The fourth-order valence-corrected chi connectivity index (χ4v) is 3.69. The summed E-state index contributed by atoms with van der Waals surface area (Å²) in [7, 11) is 0. The van der Waals surface area contributed by atoms with Crippen molar-refractivity contribution in [3.05, 3.63) is 46.5 Å². The predicted molar refractivity (Wildman–Crippen MR) is 81.3 cm³/mol. The third-order valence-corrected chi connectivity index (χ3v) is 4.96. The van der Waals surface area contributed by atoms with Crippen LogP contribution in [0.5, 0.6) is 0 Å². The maximum absolute atomic E-state index is 12.4. The number of carboxylic acid groups (broad SMARTS) is 1. The number of benzene rings is 1. The van der Waals surface area contributed by atoms with Crippen molar-refractivity contribution in [2.24, 2.45) is 23.7 Å². The summed E-state index contributed by atoms with van der Waals surface area (Å²) in [5.41, 5.74) is 0.997. The second kappa shape index (κ2) is 5.64. The lowest BCUT2D eigenvalue weighted by molar-refractivity contribution is -0.147. The molecule has 2 N–H and O–H groups in total. The molecule has 0 aliphatic heterocycles. The third-order valence-electron chi connectivity index (χ3n) is 4.43. The van der Waals surface area contributed by atoms with Gasteiger partial charge in [-0.2, -0.15) is 0 Å². The summed E-state index contributed by atoms with van der Waals surface area (Å²) in [6.45, 7) is 0.427. The van der Waals surface area contributed by atoms with Crippen LogP contribution in [0.1, 0.15) is 12.0 Å². The van der Waals surface area contributed by atoms with E-state index < -0.39 is 17.8 Å². The maximum Gasteiger partial charge on any atom is 0.307 e. The van der Waals surface area contributed by atoms with E-state index in [4.69, 9.17) is 0 Å². The first-order chi connectivity index (χ1) is 10.1. The molecule has 0 spiro atoms. The zero-order chi connectivity index (χ0) is 15.0. The second-order valence-electron chi connectivity index (χ2n) is 5.68. The Morgan fingerprint density at radius 2 is 1.76 bits per heavy atom. The molecule has 1 aromatic rings. The van der Waals surface area contributed by atoms with Gasteiger partial charge in [0.05, 0.1) is 11.8 Å². The van der Waals surface area contributed by atoms with Crippen LogP contribution in [-0.2, 0) is 16.1 Å². The van der Waals surface area contributed by atoms with Crippen LogP contribution < -0.4 is 5.32 Å². The number of halogens is 1. The van der Waals surface area contributed by atoms with Gasteiger partial charge in [-0.3, -0.25) is 9.59 Å². The SMILES string of the molecule is O=C(O)[C@@H]1C2C=CC(C2)[C@@H]1C(=O)NCc1ccc(Br)cc1. The molecule has 0 aromatic heterocycles. The highest BCUT2D eigenvalue weighted by atomic mass is 79.9. The van der Waals surface area contributed by atoms with Gasteiger partial charge in [0.15, 0.2) is 0 Å². The molecule has 0 radical (unpaired) electrons. The van der Waals surface area contributed by atoms with Gasteiger partial charge in [-0.25, -0.2) is 0 Å². The molecule has 1 saturated carbocycles. The van der Waals surface area contributed by atoms with Crippen molar-refractivity contribution in [1.82, 2.24) is 5.32 Å². The van der Waals surface area contributed by atoms with E-state index in [1.54, 1.807) is 0 Å². The Morgan fingerprint density at radius 1 is 1.14 bits per heavy atom. The summed E-state index contributed by atoms with van der Waals surface area (Å²) in [6, 6.07) is 7.70. The van der Waals surface area contributed by atoms with E-state index in [0.29, 0.717) is 6.54 Å². The maximum atomic E-state index is 12.4. The van der Waals surface area contributed by atoms with Gasteiger partial charge < -0.3 is 10.4 Å². The number of rotatable bonds is 4. The standard InChI is InChI=1S/C16H16BrNO3/c17-12-5-1-9(2-6-12)8-18-15(19)13-10-3-4-11(7-10)14(13)16(20)21/h1-6,10-11,13-14H,7-8H2,(H,18,19)(H,20,21)/t10?,11?,13-,14+/m0/s1. The largest absolute Gasteiger partial charge is 0.481 e. The first-order valence-electron chi connectivity index (χ1n) is 6.99. The third kappa shape index (κ3) is 2.75. The monoisotopic (exact) mass is 349 g/mol. The summed E-state index contributed by atoms with van der Waals surface area (Å²) in [5, 5.41) is 12.2. The normalized spacial score (nSPS) is 29.6. The number of nitrogens with one attached hydrogen (secondary N) is 1. The number of amides is 1. The van der Waals surface area contributed by atoms with E-state index in [0.717, 1.165) is 16.5 Å². The van der Waals surface area contributed by atoms with E-state index in [9.17, 15) is 14.7 Å². The van der Waals surface area contributed by atoms with Gasteiger partial charge in [-0.1, -0.05) is 40.2 Å². The summed E-state index contributed by atoms with van der Waals surface area (Å²) in [6.07, 6.45) is 4.73. The molecule has 3 rings (SSSR count). The Hall–Kier alpha value is -1.62. The Balaban J connectivity index is 1.66. The number of aliphatic carboxylic acids is 1. The predicted octanol–water partition coefficient (Wildman–Crippen LogP) is 2.59. The van der Waals surface area contributed by atoms with Gasteiger partial charge in [0, 0.05) is 11.0 Å². The molecule has 4 nitrogen and oxygen atoms in total.